The van der Waals surface area contributed by atoms with Crippen molar-refractivity contribution in [3.8, 4) is 11.5 Å². The number of hydrogen-bond acceptors (Lipinski definition) is 7. The second kappa shape index (κ2) is 27.1. The molecular weight excluding hydrogens is 484 g/mol. The smallest absolute Gasteiger partial charge is 0.315 e. The number of unbranched alkanes of at least 4 members (excludes halogenated alkanes) is 6. The number of benzene rings is 2. The van der Waals surface area contributed by atoms with E-state index in [4.69, 9.17) is 20.7 Å². The number of hydrogen-bond donors (Lipinski definition) is 5. The molecule has 6 N–H and O–H groups in total. The zero-order valence-electron chi connectivity index (χ0n) is 23.7. The van der Waals surface area contributed by atoms with Crippen molar-refractivity contribution in [1.29, 1.82) is 0 Å². The Balaban J connectivity index is 0. The standard InChI is InChI=1S/C14H21NO2.C8H6O2.C6H15N.2CH4O/c1-2-3-4-7-10-15-14(17)11-12-8-5-6-9-13(12)16;9-8-5-6-3-1-2-4-7(6)10-8;1-2-3-4-5-6-7;2*1-2/h5-6,8-9,16H,2-4,7,10-11H2,1H3,(H,15,17);1-4H,5H2;2-7H2,1H3;2*2H,1H3. The van der Waals surface area contributed by atoms with E-state index in [0.29, 0.717) is 17.7 Å². The molecule has 0 aromatic heterocycles. The fourth-order valence-corrected chi connectivity index (χ4v) is 3.31. The van der Waals surface area contributed by atoms with Crippen LogP contribution < -0.4 is 15.8 Å². The summed E-state index contributed by atoms with van der Waals surface area (Å²) in [6.45, 7) is 5.96. The van der Waals surface area contributed by atoms with Crippen LogP contribution in [-0.4, -0.2) is 54.5 Å². The van der Waals surface area contributed by atoms with Gasteiger partial charge >= 0.3 is 5.97 Å². The summed E-state index contributed by atoms with van der Waals surface area (Å²) >= 11 is 0. The van der Waals surface area contributed by atoms with Crippen molar-refractivity contribution in [1.82, 2.24) is 5.32 Å². The first-order valence-corrected chi connectivity index (χ1v) is 13.4. The van der Waals surface area contributed by atoms with Gasteiger partial charge in [-0.15, -0.1) is 0 Å². The highest BCUT2D eigenvalue weighted by molar-refractivity contribution is 5.80. The molecule has 0 radical (unpaired) electrons. The molecule has 0 atom stereocenters. The van der Waals surface area contributed by atoms with Crippen molar-refractivity contribution in [3.63, 3.8) is 0 Å². The molecule has 0 saturated heterocycles. The lowest BCUT2D eigenvalue weighted by molar-refractivity contribution is -0.131. The second-order valence-electron chi connectivity index (χ2n) is 8.32. The summed E-state index contributed by atoms with van der Waals surface area (Å²) < 4.78 is 4.87. The van der Waals surface area contributed by atoms with Gasteiger partial charge in [0.1, 0.15) is 11.5 Å². The summed E-state index contributed by atoms with van der Waals surface area (Å²) in [5.41, 5.74) is 6.94. The maximum absolute atomic E-state index is 11.6. The van der Waals surface area contributed by atoms with E-state index in [0.717, 1.165) is 45.7 Å². The quantitative estimate of drug-likeness (QED) is 0.162. The molecule has 8 nitrogen and oxygen atoms in total. The van der Waals surface area contributed by atoms with Crippen molar-refractivity contribution < 1.29 is 29.6 Å². The maximum Gasteiger partial charge on any atom is 0.315 e. The Hall–Kier alpha value is -2.94. The van der Waals surface area contributed by atoms with E-state index in [1.54, 1.807) is 24.3 Å². The first kappa shape index (κ1) is 37.2. The van der Waals surface area contributed by atoms with E-state index in [-0.39, 0.29) is 24.0 Å². The molecule has 1 aliphatic heterocycles. The van der Waals surface area contributed by atoms with Gasteiger partial charge in [-0.2, -0.15) is 0 Å². The summed E-state index contributed by atoms with van der Waals surface area (Å²) in [6, 6.07) is 14.4. The highest BCUT2D eigenvalue weighted by atomic mass is 16.5. The number of aliphatic hydroxyl groups excluding tert-OH is 2. The number of para-hydroxylation sites is 2. The van der Waals surface area contributed by atoms with Gasteiger partial charge in [-0.1, -0.05) is 88.8 Å². The normalized spacial score (nSPS) is 10.4. The van der Waals surface area contributed by atoms with Gasteiger partial charge in [0.2, 0.25) is 5.91 Å². The number of aliphatic hydroxyl groups is 2. The first-order chi connectivity index (χ1) is 18.5. The molecule has 0 spiro atoms. The fourth-order valence-electron chi connectivity index (χ4n) is 3.31. The SMILES string of the molecule is CCCCCCN.CCCCCCNC(=O)Cc1ccccc1O.CO.CO.O=C1Cc2ccccc2O1. The number of nitrogens with two attached hydrogens (primary N) is 1. The predicted octanol–water partition coefficient (Wildman–Crippen LogP) is 4.52. The number of ether oxygens (including phenoxy) is 1. The number of amides is 1. The van der Waals surface area contributed by atoms with Crippen LogP contribution in [0, 0.1) is 0 Å². The predicted molar refractivity (Wildman–Crippen MR) is 154 cm³/mol. The van der Waals surface area contributed by atoms with Gasteiger partial charge in [0.05, 0.1) is 12.8 Å². The average Bonchev–Trinajstić information content (AvgIpc) is 3.33. The van der Waals surface area contributed by atoms with Crippen molar-refractivity contribution in [2.24, 2.45) is 5.73 Å². The topological polar surface area (TPSA) is 142 Å². The molecule has 1 heterocycles. The highest BCUT2D eigenvalue weighted by Crippen LogP contribution is 2.24. The monoisotopic (exact) mass is 534 g/mol. The van der Waals surface area contributed by atoms with E-state index in [2.05, 4.69) is 19.2 Å². The Bertz CT molecular complexity index is 814. The van der Waals surface area contributed by atoms with E-state index < -0.39 is 0 Å². The van der Waals surface area contributed by atoms with Gasteiger partial charge in [0.25, 0.3) is 0 Å². The summed E-state index contributed by atoms with van der Waals surface area (Å²) in [5.74, 6) is 0.727. The number of carbonyl (C=O) groups is 2. The summed E-state index contributed by atoms with van der Waals surface area (Å²) in [7, 11) is 2.00. The van der Waals surface area contributed by atoms with E-state index in [1.807, 2.05) is 24.3 Å². The Labute approximate surface area is 229 Å². The van der Waals surface area contributed by atoms with Crippen LogP contribution in [-0.2, 0) is 22.4 Å². The van der Waals surface area contributed by atoms with Gasteiger partial charge in [-0.05, 0) is 31.5 Å². The number of phenolic OH excluding ortho intramolecular Hbond substituents is 1. The average molecular weight is 535 g/mol. The summed E-state index contributed by atoms with van der Waals surface area (Å²) in [5, 5.41) is 26.4. The molecule has 1 amide bonds. The molecule has 2 aromatic rings. The van der Waals surface area contributed by atoms with Crippen LogP contribution in [0.4, 0.5) is 0 Å². The zero-order chi connectivity index (χ0) is 29.0. The molecule has 2 aromatic carbocycles. The molecule has 0 fully saturated rings. The lowest BCUT2D eigenvalue weighted by Gasteiger charge is -2.06. The second-order valence-corrected chi connectivity index (χ2v) is 8.32. The van der Waals surface area contributed by atoms with Gasteiger partial charge in [-0.3, -0.25) is 9.59 Å². The largest absolute Gasteiger partial charge is 0.508 e. The Morgan fingerprint density at radius 2 is 1.45 bits per heavy atom. The van der Waals surface area contributed by atoms with Crippen LogP contribution in [0.2, 0.25) is 0 Å². The minimum absolute atomic E-state index is 0.0250. The van der Waals surface area contributed by atoms with Crippen LogP contribution in [0.1, 0.15) is 76.3 Å². The third-order valence-electron chi connectivity index (χ3n) is 5.28. The van der Waals surface area contributed by atoms with Gasteiger partial charge < -0.3 is 31.1 Å². The molecule has 3 rings (SSSR count). The number of nitrogens with one attached hydrogen (secondary N) is 1. The zero-order valence-corrected chi connectivity index (χ0v) is 23.7. The lowest BCUT2D eigenvalue weighted by Crippen LogP contribution is -2.26. The summed E-state index contributed by atoms with van der Waals surface area (Å²) in [6.07, 6.45) is 10.4. The van der Waals surface area contributed by atoms with E-state index in [1.165, 1.54) is 38.5 Å². The number of phenols is 1. The minimum atomic E-state index is -0.152. The van der Waals surface area contributed by atoms with E-state index in [9.17, 15) is 14.7 Å². The molecule has 1 aliphatic rings. The summed E-state index contributed by atoms with van der Waals surface area (Å²) in [4.78, 5) is 22.3. The lowest BCUT2D eigenvalue weighted by atomic mass is 10.1. The third-order valence-corrected chi connectivity index (χ3v) is 5.28. The van der Waals surface area contributed by atoms with Gasteiger partial charge in [-0.25, -0.2) is 0 Å². The number of carbonyl (C=O) groups excluding carboxylic acids is 2. The molecule has 0 saturated carbocycles. The Morgan fingerprint density at radius 1 is 0.868 bits per heavy atom. The molecule has 38 heavy (non-hydrogen) atoms. The van der Waals surface area contributed by atoms with Crippen molar-refractivity contribution >= 4 is 11.9 Å². The molecule has 0 bridgehead atoms. The van der Waals surface area contributed by atoms with Crippen LogP contribution in [0.25, 0.3) is 0 Å². The first-order valence-electron chi connectivity index (χ1n) is 13.4. The molecule has 0 unspecified atom stereocenters. The minimum Gasteiger partial charge on any atom is -0.508 e. The van der Waals surface area contributed by atoms with Crippen LogP contribution in [0.15, 0.2) is 48.5 Å². The van der Waals surface area contributed by atoms with Crippen molar-refractivity contribution in [2.45, 2.75) is 78.1 Å². The Morgan fingerprint density at radius 3 is 2.03 bits per heavy atom. The fraction of sp³-hybridized carbons (Fsp3) is 0.533. The third kappa shape index (κ3) is 19.2. The number of rotatable bonds is 11. The molecule has 8 heteroatoms. The maximum atomic E-state index is 11.6. The van der Waals surface area contributed by atoms with Gasteiger partial charge in [0.15, 0.2) is 0 Å². The van der Waals surface area contributed by atoms with Crippen LogP contribution in [0.3, 0.4) is 0 Å². The highest BCUT2D eigenvalue weighted by Gasteiger charge is 2.18. The number of esters is 1. The van der Waals surface area contributed by atoms with Crippen molar-refractivity contribution in [2.75, 3.05) is 27.3 Å². The van der Waals surface area contributed by atoms with Crippen LogP contribution >= 0.6 is 0 Å². The number of aromatic hydroxyl groups is 1. The number of fused-ring (bicyclic) bond motifs is 1. The Kier molecular flexibility index (Phi) is 26.5. The molecular formula is C30H50N2O6. The molecule has 0 aliphatic carbocycles. The molecule has 216 valence electrons. The van der Waals surface area contributed by atoms with E-state index >= 15 is 0 Å². The van der Waals surface area contributed by atoms with Crippen LogP contribution in [0.5, 0.6) is 11.5 Å². The van der Waals surface area contributed by atoms with Crippen molar-refractivity contribution in [3.05, 3.63) is 59.7 Å². The van der Waals surface area contributed by atoms with Gasteiger partial charge in [0, 0.05) is 31.9 Å².